The largest absolute Gasteiger partial charge is 0.295 e. The summed E-state index contributed by atoms with van der Waals surface area (Å²) in [6.45, 7) is 5.56. The summed E-state index contributed by atoms with van der Waals surface area (Å²) >= 11 is 0. The number of hydrogen-bond acceptors (Lipinski definition) is 1. The lowest BCUT2D eigenvalue weighted by Crippen LogP contribution is -1.97. The summed E-state index contributed by atoms with van der Waals surface area (Å²) < 4.78 is 0. The lowest BCUT2D eigenvalue weighted by Gasteiger charge is -1.99. The summed E-state index contributed by atoms with van der Waals surface area (Å²) in [7, 11) is 0. The molecule has 0 saturated heterocycles. The molecule has 0 aliphatic carbocycles. The van der Waals surface area contributed by atoms with E-state index in [1.54, 1.807) is 0 Å². The van der Waals surface area contributed by atoms with Crippen LogP contribution in [0, 0.1) is 0 Å². The molecule has 1 rings (SSSR count). The predicted molar refractivity (Wildman–Crippen MR) is 54.7 cm³/mol. The normalized spacial score (nSPS) is 9.62. The van der Waals surface area contributed by atoms with Crippen LogP contribution >= 0.6 is 0 Å². The second-order valence-corrected chi connectivity index (χ2v) is 3.02. The van der Waals surface area contributed by atoms with Gasteiger partial charge in [0.25, 0.3) is 0 Å². The number of benzene rings is 1. The molecule has 0 bridgehead atoms. The van der Waals surface area contributed by atoms with Gasteiger partial charge in [-0.2, -0.15) is 0 Å². The van der Waals surface area contributed by atoms with Crippen LogP contribution in [0.25, 0.3) is 0 Å². The first-order chi connectivity index (χ1) is 6.26. The molecule has 0 aromatic heterocycles. The lowest BCUT2D eigenvalue weighted by molar-refractivity contribution is -0.114. The van der Waals surface area contributed by atoms with Crippen molar-refractivity contribution in [1.29, 1.82) is 0 Å². The van der Waals surface area contributed by atoms with Crippen molar-refractivity contribution in [3.05, 3.63) is 48.0 Å². The van der Waals surface area contributed by atoms with Gasteiger partial charge < -0.3 is 0 Å². The maximum atomic E-state index is 11.0. The molecule has 0 aliphatic rings. The first-order valence-electron chi connectivity index (χ1n) is 4.49. The number of carbonyl (C=O) groups is 1. The Hall–Kier alpha value is -1.37. The third-order valence-electron chi connectivity index (χ3n) is 2.04. The average Bonchev–Trinajstić information content (AvgIpc) is 2.19. The molecular weight excluding hydrogens is 160 g/mol. The van der Waals surface area contributed by atoms with E-state index in [0.717, 1.165) is 12.0 Å². The fraction of sp³-hybridized carbons (Fsp3) is 0.250. The maximum absolute atomic E-state index is 11.0. The van der Waals surface area contributed by atoms with Crippen LogP contribution in [0.3, 0.4) is 0 Å². The van der Waals surface area contributed by atoms with Gasteiger partial charge in [0, 0.05) is 6.42 Å². The molecule has 1 aromatic carbocycles. The fourth-order valence-electron chi connectivity index (χ4n) is 1.17. The number of hydrogen-bond donors (Lipinski definition) is 0. The van der Waals surface area contributed by atoms with Gasteiger partial charge in [-0.25, -0.2) is 0 Å². The number of carbonyl (C=O) groups excluding carboxylic acids is 1. The van der Waals surface area contributed by atoms with Crippen LogP contribution in [0.1, 0.15) is 18.1 Å². The quantitative estimate of drug-likeness (QED) is 0.641. The number of allylic oxidation sites excluding steroid dienone is 1. The van der Waals surface area contributed by atoms with Gasteiger partial charge in [-0.15, -0.1) is 0 Å². The molecular formula is C12H14O. The van der Waals surface area contributed by atoms with Crippen molar-refractivity contribution in [3.63, 3.8) is 0 Å². The van der Waals surface area contributed by atoms with E-state index in [2.05, 4.69) is 25.6 Å². The molecule has 0 unspecified atom stereocenters. The predicted octanol–water partition coefficient (Wildman–Crippen LogP) is 2.55. The third kappa shape index (κ3) is 2.86. The molecule has 0 N–H and O–H groups in total. The summed E-state index contributed by atoms with van der Waals surface area (Å²) in [5, 5.41) is 0. The van der Waals surface area contributed by atoms with Crippen LogP contribution in [0.4, 0.5) is 0 Å². The number of rotatable bonds is 4. The monoisotopic (exact) mass is 174 g/mol. The second-order valence-electron chi connectivity index (χ2n) is 3.02. The Morgan fingerprint density at radius 2 is 1.85 bits per heavy atom. The van der Waals surface area contributed by atoms with Crippen LogP contribution in [0.15, 0.2) is 36.9 Å². The van der Waals surface area contributed by atoms with E-state index in [9.17, 15) is 4.79 Å². The SMILES string of the molecule is C=CC(=O)Cc1ccc(CC)cc1. The molecule has 0 spiro atoms. The minimum absolute atomic E-state index is 0.0734. The van der Waals surface area contributed by atoms with Gasteiger partial charge >= 0.3 is 0 Å². The van der Waals surface area contributed by atoms with Gasteiger partial charge in [-0.1, -0.05) is 37.8 Å². The van der Waals surface area contributed by atoms with E-state index < -0.39 is 0 Å². The summed E-state index contributed by atoms with van der Waals surface area (Å²) in [6.07, 6.45) is 2.87. The van der Waals surface area contributed by atoms with Crippen LogP contribution < -0.4 is 0 Å². The van der Waals surface area contributed by atoms with E-state index in [4.69, 9.17) is 0 Å². The number of ketones is 1. The Morgan fingerprint density at radius 3 is 2.31 bits per heavy atom. The molecule has 0 radical (unpaired) electrons. The molecule has 1 heteroatoms. The molecule has 68 valence electrons. The minimum Gasteiger partial charge on any atom is -0.295 e. The van der Waals surface area contributed by atoms with E-state index >= 15 is 0 Å². The first kappa shape index (κ1) is 9.72. The van der Waals surface area contributed by atoms with Crippen molar-refractivity contribution in [2.24, 2.45) is 0 Å². The Morgan fingerprint density at radius 1 is 1.31 bits per heavy atom. The van der Waals surface area contributed by atoms with Gasteiger partial charge in [-0.3, -0.25) is 4.79 Å². The molecule has 0 atom stereocenters. The van der Waals surface area contributed by atoms with Crippen LogP contribution in [-0.2, 0) is 17.6 Å². The van der Waals surface area contributed by atoms with E-state index in [1.807, 2.05) is 12.1 Å². The van der Waals surface area contributed by atoms with Gasteiger partial charge in [0.2, 0.25) is 0 Å². The molecule has 1 aromatic rings. The molecule has 0 amide bonds. The summed E-state index contributed by atoms with van der Waals surface area (Å²) in [5.41, 5.74) is 2.36. The molecule has 13 heavy (non-hydrogen) atoms. The zero-order valence-electron chi connectivity index (χ0n) is 7.92. The molecule has 0 saturated carbocycles. The average molecular weight is 174 g/mol. The zero-order chi connectivity index (χ0) is 9.68. The standard InChI is InChI=1S/C12H14O/c1-3-10-5-7-11(8-6-10)9-12(13)4-2/h4-8H,2-3,9H2,1H3. The van der Waals surface area contributed by atoms with Gasteiger partial charge in [0.1, 0.15) is 0 Å². The van der Waals surface area contributed by atoms with Crippen LogP contribution in [-0.4, -0.2) is 5.78 Å². The Bertz CT molecular complexity index is 295. The minimum atomic E-state index is 0.0734. The first-order valence-corrected chi connectivity index (χ1v) is 4.49. The third-order valence-corrected chi connectivity index (χ3v) is 2.04. The van der Waals surface area contributed by atoms with Crippen LogP contribution in [0.2, 0.25) is 0 Å². The fourth-order valence-corrected chi connectivity index (χ4v) is 1.17. The molecule has 1 nitrogen and oxygen atoms in total. The van der Waals surface area contributed by atoms with Crippen molar-refractivity contribution in [2.75, 3.05) is 0 Å². The van der Waals surface area contributed by atoms with E-state index in [0.29, 0.717) is 6.42 Å². The molecule has 0 heterocycles. The molecule has 0 aliphatic heterocycles. The lowest BCUT2D eigenvalue weighted by atomic mass is 10.1. The van der Waals surface area contributed by atoms with Crippen LogP contribution in [0.5, 0.6) is 0 Å². The van der Waals surface area contributed by atoms with Crippen molar-refractivity contribution >= 4 is 5.78 Å². The highest BCUT2D eigenvalue weighted by Gasteiger charge is 1.98. The zero-order valence-corrected chi connectivity index (χ0v) is 7.92. The van der Waals surface area contributed by atoms with Crippen molar-refractivity contribution < 1.29 is 4.79 Å². The number of aryl methyl sites for hydroxylation is 1. The highest BCUT2D eigenvalue weighted by molar-refractivity contribution is 5.90. The van der Waals surface area contributed by atoms with Crippen molar-refractivity contribution in [3.8, 4) is 0 Å². The van der Waals surface area contributed by atoms with E-state index in [-0.39, 0.29) is 5.78 Å². The Kier molecular flexibility index (Phi) is 3.44. The van der Waals surface area contributed by atoms with Crippen molar-refractivity contribution in [1.82, 2.24) is 0 Å². The Labute approximate surface area is 79.1 Å². The second kappa shape index (κ2) is 4.61. The summed E-state index contributed by atoms with van der Waals surface area (Å²) in [4.78, 5) is 11.0. The topological polar surface area (TPSA) is 17.1 Å². The van der Waals surface area contributed by atoms with Gasteiger partial charge in [0.05, 0.1) is 0 Å². The summed E-state index contributed by atoms with van der Waals surface area (Å²) in [5.74, 6) is 0.0734. The summed E-state index contributed by atoms with van der Waals surface area (Å²) in [6, 6.07) is 8.12. The maximum Gasteiger partial charge on any atom is 0.159 e. The van der Waals surface area contributed by atoms with Gasteiger partial charge in [-0.05, 0) is 23.6 Å². The smallest absolute Gasteiger partial charge is 0.159 e. The molecule has 0 fully saturated rings. The highest BCUT2D eigenvalue weighted by atomic mass is 16.1. The Balaban J connectivity index is 2.69. The highest BCUT2D eigenvalue weighted by Crippen LogP contribution is 2.06. The van der Waals surface area contributed by atoms with E-state index in [1.165, 1.54) is 11.6 Å². The van der Waals surface area contributed by atoms with Crippen molar-refractivity contribution in [2.45, 2.75) is 19.8 Å². The van der Waals surface area contributed by atoms with Gasteiger partial charge in [0.15, 0.2) is 5.78 Å².